The Morgan fingerprint density at radius 1 is 0.925 bits per heavy atom. The first-order chi connectivity index (χ1) is 19.5. The molecule has 0 bridgehead atoms. The van der Waals surface area contributed by atoms with E-state index < -0.39 is 6.04 Å². The molecule has 2 aromatic heterocycles. The molecule has 3 heterocycles. The molecule has 9 nitrogen and oxygen atoms in total. The van der Waals surface area contributed by atoms with Crippen molar-refractivity contribution in [1.29, 1.82) is 0 Å². The van der Waals surface area contributed by atoms with Crippen molar-refractivity contribution in [2.24, 2.45) is 0 Å². The van der Waals surface area contributed by atoms with Crippen LogP contribution >= 0.6 is 0 Å². The van der Waals surface area contributed by atoms with Crippen LogP contribution in [0.1, 0.15) is 34.1 Å². The van der Waals surface area contributed by atoms with Gasteiger partial charge in [0.15, 0.2) is 5.82 Å². The SMILES string of the molecule is COc1ccc(N2CCN(C(c3cc4cc(C)c(C)cc4[nH]c3=O)c3nnnn3Cc3ccccc3)CC2)cc1. The second-order valence-corrected chi connectivity index (χ2v) is 10.4. The summed E-state index contributed by atoms with van der Waals surface area (Å²) in [5, 5.41) is 13.9. The van der Waals surface area contributed by atoms with Gasteiger partial charge in [-0.25, -0.2) is 4.68 Å². The second-order valence-electron chi connectivity index (χ2n) is 10.4. The first-order valence-corrected chi connectivity index (χ1v) is 13.6. The first-order valence-electron chi connectivity index (χ1n) is 13.6. The normalized spacial score (nSPS) is 14.9. The zero-order valence-corrected chi connectivity index (χ0v) is 23.0. The van der Waals surface area contributed by atoms with Crippen LogP contribution in [0.2, 0.25) is 0 Å². The van der Waals surface area contributed by atoms with Gasteiger partial charge in [-0.1, -0.05) is 30.3 Å². The summed E-state index contributed by atoms with van der Waals surface area (Å²) in [7, 11) is 1.68. The predicted octanol–water partition coefficient (Wildman–Crippen LogP) is 4.10. The van der Waals surface area contributed by atoms with Gasteiger partial charge in [0.25, 0.3) is 5.56 Å². The second kappa shape index (κ2) is 10.9. The number of ether oxygens (including phenoxy) is 1. The number of piperazine rings is 1. The van der Waals surface area contributed by atoms with Crippen LogP contribution in [0.5, 0.6) is 5.75 Å². The maximum atomic E-state index is 13.6. The van der Waals surface area contributed by atoms with Crippen LogP contribution in [-0.4, -0.2) is 63.4 Å². The van der Waals surface area contributed by atoms with E-state index in [-0.39, 0.29) is 5.56 Å². The van der Waals surface area contributed by atoms with Gasteiger partial charge in [-0.3, -0.25) is 9.69 Å². The number of methoxy groups -OCH3 is 1. The quantitative estimate of drug-likeness (QED) is 0.336. The largest absolute Gasteiger partial charge is 0.497 e. The molecule has 1 atom stereocenters. The number of nitrogens with one attached hydrogen (secondary N) is 1. The van der Waals surface area contributed by atoms with Crippen LogP contribution in [-0.2, 0) is 6.54 Å². The van der Waals surface area contributed by atoms with Crippen LogP contribution < -0.4 is 15.2 Å². The summed E-state index contributed by atoms with van der Waals surface area (Å²) in [6.07, 6.45) is 0. The predicted molar refractivity (Wildman–Crippen MR) is 156 cm³/mol. The van der Waals surface area contributed by atoms with Gasteiger partial charge in [0.2, 0.25) is 0 Å². The standard InChI is InChI=1S/C31H33N7O2/c1-21-17-24-19-27(31(39)32-28(24)18-22(21)2)29(30-33-34-35-38(30)20-23-7-5-4-6-8-23)37-15-13-36(14-16-37)25-9-11-26(40-3)12-10-25/h4-12,17-19,29H,13-16,20H2,1-3H3,(H,32,39). The molecular formula is C31H33N7O2. The smallest absolute Gasteiger partial charge is 0.253 e. The third-order valence-electron chi connectivity index (χ3n) is 7.88. The number of tetrazole rings is 1. The van der Waals surface area contributed by atoms with Crippen molar-refractivity contribution in [1.82, 2.24) is 30.1 Å². The highest BCUT2D eigenvalue weighted by Gasteiger charge is 2.33. The Balaban J connectivity index is 1.37. The van der Waals surface area contributed by atoms with Gasteiger partial charge in [-0.15, -0.1) is 5.10 Å². The number of nitrogens with zero attached hydrogens (tertiary/aromatic N) is 6. The van der Waals surface area contributed by atoms with Gasteiger partial charge in [0, 0.05) is 42.9 Å². The molecular weight excluding hydrogens is 502 g/mol. The number of anilines is 1. The summed E-state index contributed by atoms with van der Waals surface area (Å²) in [4.78, 5) is 21.5. The van der Waals surface area contributed by atoms with E-state index >= 15 is 0 Å². The number of aromatic amines is 1. The van der Waals surface area contributed by atoms with E-state index in [1.54, 1.807) is 7.11 Å². The Morgan fingerprint density at radius 2 is 1.65 bits per heavy atom. The molecule has 0 radical (unpaired) electrons. The molecule has 9 heteroatoms. The molecule has 0 saturated carbocycles. The molecule has 1 aliphatic heterocycles. The van der Waals surface area contributed by atoms with Crippen molar-refractivity contribution >= 4 is 16.6 Å². The number of benzene rings is 3. The Kier molecular flexibility index (Phi) is 7.04. The summed E-state index contributed by atoms with van der Waals surface area (Å²) in [5.74, 6) is 1.50. The van der Waals surface area contributed by atoms with Gasteiger partial charge in [-0.2, -0.15) is 0 Å². The van der Waals surface area contributed by atoms with Crippen LogP contribution in [0.15, 0.2) is 77.6 Å². The summed E-state index contributed by atoms with van der Waals surface area (Å²) in [6, 6.07) is 24.1. The van der Waals surface area contributed by atoms with Crippen LogP contribution in [0.4, 0.5) is 5.69 Å². The summed E-state index contributed by atoms with van der Waals surface area (Å²) in [6.45, 7) is 7.80. The fourth-order valence-electron chi connectivity index (χ4n) is 5.50. The number of hydrogen-bond donors (Lipinski definition) is 1. The Hall–Kier alpha value is -4.50. The van der Waals surface area contributed by atoms with Crippen LogP contribution in [0, 0.1) is 13.8 Å². The number of aromatic nitrogens is 5. The van der Waals surface area contributed by atoms with Crippen molar-refractivity contribution in [3.05, 3.63) is 111 Å². The van der Waals surface area contributed by atoms with Gasteiger partial charge in [0.1, 0.15) is 11.8 Å². The molecule has 0 aliphatic carbocycles. The van der Waals surface area contributed by atoms with E-state index in [0.29, 0.717) is 17.9 Å². The number of pyridine rings is 1. The highest BCUT2D eigenvalue weighted by atomic mass is 16.5. The monoisotopic (exact) mass is 535 g/mol. The molecule has 1 N–H and O–H groups in total. The minimum Gasteiger partial charge on any atom is -0.497 e. The van der Waals surface area contributed by atoms with E-state index in [9.17, 15) is 4.79 Å². The molecule has 1 aliphatic rings. The van der Waals surface area contributed by atoms with Gasteiger partial charge >= 0.3 is 0 Å². The first kappa shape index (κ1) is 25.8. The summed E-state index contributed by atoms with van der Waals surface area (Å²) >= 11 is 0. The number of hydrogen-bond acceptors (Lipinski definition) is 7. The Bertz CT molecular complexity index is 1670. The average Bonchev–Trinajstić information content (AvgIpc) is 3.43. The van der Waals surface area contributed by atoms with Crippen molar-refractivity contribution in [2.75, 3.05) is 38.2 Å². The van der Waals surface area contributed by atoms with E-state index in [4.69, 9.17) is 4.74 Å². The third kappa shape index (κ3) is 5.08. The average molecular weight is 536 g/mol. The highest BCUT2D eigenvalue weighted by molar-refractivity contribution is 5.81. The van der Waals surface area contributed by atoms with Crippen molar-refractivity contribution in [3.63, 3.8) is 0 Å². The maximum Gasteiger partial charge on any atom is 0.253 e. The Morgan fingerprint density at radius 3 is 2.38 bits per heavy atom. The van der Waals surface area contributed by atoms with Crippen LogP contribution in [0.3, 0.4) is 0 Å². The molecule has 3 aromatic carbocycles. The lowest BCUT2D eigenvalue weighted by atomic mass is 10.00. The molecule has 1 fully saturated rings. The fraction of sp³-hybridized carbons (Fsp3) is 0.290. The zero-order chi connectivity index (χ0) is 27.6. The Labute approximate surface area is 233 Å². The third-order valence-corrected chi connectivity index (χ3v) is 7.88. The molecule has 204 valence electrons. The lowest BCUT2D eigenvalue weighted by molar-refractivity contribution is 0.200. The number of H-pyrrole nitrogens is 1. The fourth-order valence-corrected chi connectivity index (χ4v) is 5.50. The number of aryl methyl sites for hydroxylation is 2. The number of fused-ring (bicyclic) bond motifs is 1. The molecule has 1 unspecified atom stereocenters. The minimum atomic E-state index is -0.397. The van der Waals surface area contributed by atoms with E-state index in [0.717, 1.165) is 59.6 Å². The lowest BCUT2D eigenvalue weighted by Gasteiger charge is -2.39. The van der Waals surface area contributed by atoms with Gasteiger partial charge < -0.3 is 14.6 Å². The highest BCUT2D eigenvalue weighted by Crippen LogP contribution is 2.30. The van der Waals surface area contributed by atoms with Crippen molar-refractivity contribution < 1.29 is 4.74 Å². The van der Waals surface area contributed by atoms with Crippen LogP contribution in [0.25, 0.3) is 10.9 Å². The topological polar surface area (TPSA) is 92.2 Å². The van der Waals surface area contributed by atoms with Gasteiger partial charge in [0.05, 0.1) is 13.7 Å². The number of rotatable bonds is 7. The van der Waals surface area contributed by atoms with Gasteiger partial charge in [-0.05, 0) is 88.8 Å². The van der Waals surface area contributed by atoms with Crippen molar-refractivity contribution in [3.8, 4) is 5.75 Å². The molecule has 5 aromatic rings. The molecule has 1 saturated heterocycles. The molecule has 40 heavy (non-hydrogen) atoms. The summed E-state index contributed by atoms with van der Waals surface area (Å²) < 4.78 is 7.14. The lowest BCUT2D eigenvalue weighted by Crippen LogP contribution is -2.49. The minimum absolute atomic E-state index is 0.118. The van der Waals surface area contributed by atoms with E-state index in [1.807, 2.05) is 47.1 Å². The maximum absolute atomic E-state index is 13.6. The molecule has 0 spiro atoms. The van der Waals surface area contributed by atoms with Crippen molar-refractivity contribution in [2.45, 2.75) is 26.4 Å². The zero-order valence-electron chi connectivity index (χ0n) is 23.0. The molecule has 6 rings (SSSR count). The van der Waals surface area contributed by atoms with E-state index in [2.05, 4.69) is 74.5 Å². The summed E-state index contributed by atoms with van der Waals surface area (Å²) in [5.41, 5.74) is 5.95. The van der Waals surface area contributed by atoms with E-state index in [1.165, 1.54) is 5.56 Å². The molecule has 0 amide bonds.